The first-order valence-corrected chi connectivity index (χ1v) is 7.01. The highest BCUT2D eigenvalue weighted by atomic mass is 16.6. The first-order valence-electron chi connectivity index (χ1n) is 7.01. The fourth-order valence-electron chi connectivity index (χ4n) is 2.45. The summed E-state index contributed by atoms with van der Waals surface area (Å²) in [6.45, 7) is 8.56. The monoisotopic (exact) mass is 248 g/mol. The fourth-order valence-corrected chi connectivity index (χ4v) is 2.45. The van der Waals surface area contributed by atoms with Crippen molar-refractivity contribution in [2.45, 2.75) is 58.8 Å². The molecule has 0 saturated carbocycles. The molecule has 2 nitrogen and oxygen atoms in total. The smallest absolute Gasteiger partial charge is 0.119 e. The minimum atomic E-state index is 0.236. The van der Waals surface area contributed by atoms with Crippen LogP contribution >= 0.6 is 0 Å². The molecule has 1 saturated heterocycles. The molecule has 2 heteroatoms. The number of rotatable bonds is 6. The SMILES string of the molecule is CCC1OC1C(C)Cc1ccc(OC(C)C)cc1. The molecule has 1 aliphatic rings. The van der Waals surface area contributed by atoms with Gasteiger partial charge in [0.25, 0.3) is 0 Å². The Kier molecular flexibility index (Phi) is 4.28. The van der Waals surface area contributed by atoms with Crippen LogP contribution in [0.15, 0.2) is 24.3 Å². The normalized spacial score (nSPS) is 24.1. The topological polar surface area (TPSA) is 21.8 Å². The van der Waals surface area contributed by atoms with E-state index in [0.29, 0.717) is 18.1 Å². The average Bonchev–Trinajstić information content (AvgIpc) is 3.10. The molecule has 18 heavy (non-hydrogen) atoms. The lowest BCUT2D eigenvalue weighted by Crippen LogP contribution is -2.10. The van der Waals surface area contributed by atoms with E-state index in [-0.39, 0.29) is 6.10 Å². The molecule has 3 atom stereocenters. The molecular formula is C16H24O2. The van der Waals surface area contributed by atoms with Crippen LogP contribution in [0, 0.1) is 5.92 Å². The summed E-state index contributed by atoms with van der Waals surface area (Å²) >= 11 is 0. The molecule has 1 aromatic carbocycles. The van der Waals surface area contributed by atoms with Gasteiger partial charge in [-0.3, -0.25) is 0 Å². The Morgan fingerprint density at radius 2 is 1.83 bits per heavy atom. The van der Waals surface area contributed by atoms with Crippen LogP contribution in [-0.2, 0) is 11.2 Å². The summed E-state index contributed by atoms with van der Waals surface area (Å²) in [5.74, 6) is 1.56. The van der Waals surface area contributed by atoms with Gasteiger partial charge in [0.15, 0.2) is 0 Å². The Morgan fingerprint density at radius 1 is 1.17 bits per heavy atom. The summed E-state index contributed by atoms with van der Waals surface area (Å²) in [6.07, 6.45) is 3.43. The largest absolute Gasteiger partial charge is 0.491 e. The highest BCUT2D eigenvalue weighted by Gasteiger charge is 2.40. The standard InChI is InChI=1S/C16H24O2/c1-5-15-16(18-15)12(4)10-13-6-8-14(9-7-13)17-11(2)3/h6-9,11-12,15-16H,5,10H2,1-4H3. The molecule has 1 fully saturated rings. The zero-order valence-corrected chi connectivity index (χ0v) is 11.8. The molecule has 0 N–H and O–H groups in total. The van der Waals surface area contributed by atoms with Gasteiger partial charge in [0, 0.05) is 0 Å². The molecule has 0 bridgehead atoms. The highest BCUT2D eigenvalue weighted by Crippen LogP contribution is 2.33. The molecule has 0 spiro atoms. The van der Waals surface area contributed by atoms with Crippen molar-refractivity contribution in [1.29, 1.82) is 0 Å². The second-order valence-corrected chi connectivity index (χ2v) is 5.54. The van der Waals surface area contributed by atoms with E-state index >= 15 is 0 Å². The summed E-state index contributed by atoms with van der Waals surface area (Å²) in [4.78, 5) is 0. The van der Waals surface area contributed by atoms with Gasteiger partial charge in [-0.1, -0.05) is 26.0 Å². The van der Waals surface area contributed by atoms with Gasteiger partial charge in [-0.25, -0.2) is 0 Å². The lowest BCUT2D eigenvalue weighted by molar-refractivity contribution is 0.242. The van der Waals surface area contributed by atoms with Gasteiger partial charge in [-0.2, -0.15) is 0 Å². The molecule has 2 rings (SSSR count). The molecule has 0 aromatic heterocycles. The van der Waals surface area contributed by atoms with E-state index < -0.39 is 0 Å². The number of benzene rings is 1. The van der Waals surface area contributed by atoms with Crippen LogP contribution in [-0.4, -0.2) is 18.3 Å². The van der Waals surface area contributed by atoms with Gasteiger partial charge in [0.1, 0.15) is 5.75 Å². The molecule has 0 aliphatic carbocycles. The van der Waals surface area contributed by atoms with E-state index in [0.717, 1.165) is 18.6 Å². The molecule has 0 amide bonds. The van der Waals surface area contributed by atoms with E-state index in [4.69, 9.17) is 9.47 Å². The quantitative estimate of drug-likeness (QED) is 0.714. The molecular weight excluding hydrogens is 224 g/mol. The number of hydrogen-bond donors (Lipinski definition) is 0. The van der Waals surface area contributed by atoms with Crippen molar-refractivity contribution in [1.82, 2.24) is 0 Å². The molecule has 1 aromatic rings. The highest BCUT2D eigenvalue weighted by molar-refractivity contribution is 5.27. The molecule has 3 unspecified atom stereocenters. The first-order chi connectivity index (χ1) is 8.60. The van der Waals surface area contributed by atoms with Crippen LogP contribution in [0.1, 0.15) is 39.7 Å². The summed E-state index contributed by atoms with van der Waals surface area (Å²) in [7, 11) is 0. The predicted molar refractivity (Wildman–Crippen MR) is 74.0 cm³/mol. The molecule has 0 radical (unpaired) electrons. The van der Waals surface area contributed by atoms with Gasteiger partial charge < -0.3 is 9.47 Å². The third-order valence-corrected chi connectivity index (χ3v) is 3.44. The fraction of sp³-hybridized carbons (Fsp3) is 0.625. The minimum Gasteiger partial charge on any atom is -0.491 e. The molecule has 100 valence electrons. The Morgan fingerprint density at radius 3 is 2.33 bits per heavy atom. The van der Waals surface area contributed by atoms with Crippen LogP contribution < -0.4 is 4.74 Å². The Labute approximate surface area is 110 Å². The van der Waals surface area contributed by atoms with E-state index in [9.17, 15) is 0 Å². The van der Waals surface area contributed by atoms with Gasteiger partial charge in [0.05, 0.1) is 18.3 Å². The van der Waals surface area contributed by atoms with E-state index in [1.807, 2.05) is 13.8 Å². The number of epoxide rings is 1. The maximum atomic E-state index is 5.65. The van der Waals surface area contributed by atoms with E-state index in [2.05, 4.69) is 38.1 Å². The third-order valence-electron chi connectivity index (χ3n) is 3.44. The van der Waals surface area contributed by atoms with Gasteiger partial charge in [0.2, 0.25) is 0 Å². The van der Waals surface area contributed by atoms with E-state index in [1.165, 1.54) is 5.56 Å². The lowest BCUT2D eigenvalue weighted by Gasteiger charge is -2.12. The summed E-state index contributed by atoms with van der Waals surface area (Å²) < 4.78 is 11.3. The average molecular weight is 248 g/mol. The van der Waals surface area contributed by atoms with Crippen molar-refractivity contribution in [3.8, 4) is 5.75 Å². The number of hydrogen-bond acceptors (Lipinski definition) is 2. The summed E-state index contributed by atoms with van der Waals surface area (Å²) in [5.41, 5.74) is 1.36. The van der Waals surface area contributed by atoms with Crippen molar-refractivity contribution in [3.63, 3.8) is 0 Å². The van der Waals surface area contributed by atoms with Crippen molar-refractivity contribution >= 4 is 0 Å². The second kappa shape index (κ2) is 5.75. The third kappa shape index (κ3) is 3.49. The van der Waals surface area contributed by atoms with Gasteiger partial charge in [-0.05, 0) is 50.3 Å². The Bertz CT molecular complexity index is 369. The van der Waals surface area contributed by atoms with Crippen molar-refractivity contribution < 1.29 is 9.47 Å². The summed E-state index contributed by atoms with van der Waals surface area (Å²) in [5, 5.41) is 0. The molecule has 1 aliphatic heterocycles. The van der Waals surface area contributed by atoms with Crippen LogP contribution in [0.4, 0.5) is 0 Å². The van der Waals surface area contributed by atoms with Crippen molar-refractivity contribution in [2.24, 2.45) is 5.92 Å². The van der Waals surface area contributed by atoms with Gasteiger partial charge in [-0.15, -0.1) is 0 Å². The molecule has 1 heterocycles. The lowest BCUT2D eigenvalue weighted by atomic mass is 9.96. The van der Waals surface area contributed by atoms with Crippen molar-refractivity contribution in [2.75, 3.05) is 0 Å². The van der Waals surface area contributed by atoms with Crippen LogP contribution in [0.25, 0.3) is 0 Å². The maximum absolute atomic E-state index is 5.65. The Hall–Kier alpha value is -1.02. The minimum absolute atomic E-state index is 0.236. The maximum Gasteiger partial charge on any atom is 0.119 e. The predicted octanol–water partition coefficient (Wildman–Crippen LogP) is 3.83. The Balaban J connectivity index is 1.86. The van der Waals surface area contributed by atoms with Crippen molar-refractivity contribution in [3.05, 3.63) is 29.8 Å². The van der Waals surface area contributed by atoms with Gasteiger partial charge >= 0.3 is 0 Å². The van der Waals surface area contributed by atoms with Crippen LogP contribution in [0.2, 0.25) is 0 Å². The number of ether oxygens (including phenoxy) is 2. The zero-order chi connectivity index (χ0) is 13.1. The second-order valence-electron chi connectivity index (χ2n) is 5.54. The first kappa shape index (κ1) is 13.4. The summed E-state index contributed by atoms with van der Waals surface area (Å²) in [6, 6.07) is 8.45. The van der Waals surface area contributed by atoms with Crippen LogP contribution in [0.5, 0.6) is 5.75 Å². The zero-order valence-electron chi connectivity index (χ0n) is 11.8. The van der Waals surface area contributed by atoms with Crippen LogP contribution in [0.3, 0.4) is 0 Å². The van der Waals surface area contributed by atoms with E-state index in [1.54, 1.807) is 0 Å².